The molecule has 1 aromatic heterocycles. The van der Waals surface area contributed by atoms with Crippen LogP contribution in [-0.2, 0) is 4.74 Å². The number of aromatic nitrogens is 2. The quantitative estimate of drug-likeness (QED) is 0.736. The normalized spacial score (nSPS) is 10.9. The summed E-state index contributed by atoms with van der Waals surface area (Å²) in [6.07, 6.45) is 0. The molecule has 5 nitrogen and oxygen atoms in total. The van der Waals surface area contributed by atoms with E-state index < -0.39 is 5.82 Å². The summed E-state index contributed by atoms with van der Waals surface area (Å²) in [5.41, 5.74) is 0.624. The van der Waals surface area contributed by atoms with Crippen molar-refractivity contribution in [3.63, 3.8) is 0 Å². The first-order valence-electron chi connectivity index (χ1n) is 7.10. The van der Waals surface area contributed by atoms with Crippen molar-refractivity contribution in [1.82, 2.24) is 9.97 Å². The van der Waals surface area contributed by atoms with Crippen molar-refractivity contribution in [2.24, 2.45) is 0 Å². The Morgan fingerprint density at radius 3 is 2.70 bits per heavy atom. The van der Waals surface area contributed by atoms with Crippen molar-refractivity contribution < 1.29 is 13.9 Å². The van der Waals surface area contributed by atoms with Crippen LogP contribution >= 0.6 is 0 Å². The highest BCUT2D eigenvalue weighted by atomic mass is 19.1. The molecule has 0 aliphatic carbocycles. The Balaban J connectivity index is 2.12. The van der Waals surface area contributed by atoms with E-state index in [0.29, 0.717) is 12.4 Å². The molecular formula is C17H15FN2O3. The maximum absolute atomic E-state index is 13.8. The second kappa shape index (κ2) is 6.58. The third-order valence-electron chi connectivity index (χ3n) is 3.33. The number of methoxy groups -OCH3 is 1. The predicted octanol–water partition coefficient (Wildman–Crippen LogP) is 2.75. The first-order valence-corrected chi connectivity index (χ1v) is 7.10. The molecule has 0 spiro atoms. The molecule has 0 saturated carbocycles. The molecular weight excluding hydrogens is 299 g/mol. The number of halogens is 1. The van der Waals surface area contributed by atoms with Crippen molar-refractivity contribution in [1.29, 1.82) is 0 Å². The number of rotatable bonds is 5. The van der Waals surface area contributed by atoms with Gasteiger partial charge in [-0.05, 0) is 0 Å². The van der Waals surface area contributed by atoms with Gasteiger partial charge in [-0.1, -0.05) is 30.3 Å². The van der Waals surface area contributed by atoms with Gasteiger partial charge in [-0.15, -0.1) is 0 Å². The molecule has 3 aromatic rings. The van der Waals surface area contributed by atoms with Crippen LogP contribution in [0.4, 0.5) is 4.39 Å². The van der Waals surface area contributed by atoms with Crippen LogP contribution in [0.5, 0.6) is 5.75 Å². The molecule has 0 bridgehead atoms. The minimum atomic E-state index is -0.512. The van der Waals surface area contributed by atoms with Gasteiger partial charge in [0.05, 0.1) is 12.1 Å². The van der Waals surface area contributed by atoms with Gasteiger partial charge in [0, 0.05) is 24.8 Å². The van der Waals surface area contributed by atoms with Gasteiger partial charge in [0.25, 0.3) is 5.56 Å². The summed E-state index contributed by atoms with van der Waals surface area (Å²) in [7, 11) is 1.54. The third-order valence-corrected chi connectivity index (χ3v) is 3.33. The maximum atomic E-state index is 13.8. The molecule has 3 rings (SSSR count). The van der Waals surface area contributed by atoms with Gasteiger partial charge in [0.1, 0.15) is 29.4 Å². The number of nitrogens with zero attached hydrogens (tertiary/aromatic N) is 1. The lowest BCUT2D eigenvalue weighted by Gasteiger charge is -2.09. The van der Waals surface area contributed by atoms with Crippen LogP contribution in [0.25, 0.3) is 22.3 Å². The molecule has 1 heterocycles. The first kappa shape index (κ1) is 15.2. The van der Waals surface area contributed by atoms with E-state index in [0.717, 1.165) is 5.56 Å². The van der Waals surface area contributed by atoms with Crippen LogP contribution in [0.2, 0.25) is 0 Å². The molecule has 2 aromatic carbocycles. The van der Waals surface area contributed by atoms with E-state index in [2.05, 4.69) is 9.97 Å². The zero-order chi connectivity index (χ0) is 16.2. The fourth-order valence-electron chi connectivity index (χ4n) is 2.28. The zero-order valence-electron chi connectivity index (χ0n) is 12.5. The second-order valence-corrected chi connectivity index (χ2v) is 4.92. The monoisotopic (exact) mass is 314 g/mol. The Morgan fingerprint density at radius 2 is 1.96 bits per heavy atom. The Labute approximate surface area is 131 Å². The van der Waals surface area contributed by atoms with Gasteiger partial charge >= 0.3 is 0 Å². The lowest BCUT2D eigenvalue weighted by Crippen LogP contribution is -2.13. The molecule has 0 amide bonds. The summed E-state index contributed by atoms with van der Waals surface area (Å²) in [4.78, 5) is 19.5. The average Bonchev–Trinajstić information content (AvgIpc) is 2.55. The van der Waals surface area contributed by atoms with Crippen LogP contribution in [0.3, 0.4) is 0 Å². The third kappa shape index (κ3) is 3.22. The largest absolute Gasteiger partial charge is 0.490 e. The molecule has 6 heteroatoms. The molecule has 0 fully saturated rings. The van der Waals surface area contributed by atoms with E-state index in [4.69, 9.17) is 9.47 Å². The number of fused-ring (bicyclic) bond motifs is 1. The summed E-state index contributed by atoms with van der Waals surface area (Å²) in [6, 6.07) is 11.6. The number of hydrogen-bond donors (Lipinski definition) is 1. The number of hydrogen-bond acceptors (Lipinski definition) is 4. The molecule has 1 N–H and O–H groups in total. The Bertz CT molecular complexity index is 878. The summed E-state index contributed by atoms with van der Waals surface area (Å²) >= 11 is 0. The molecule has 23 heavy (non-hydrogen) atoms. The fourth-order valence-corrected chi connectivity index (χ4v) is 2.28. The number of H-pyrrole nitrogens is 1. The van der Waals surface area contributed by atoms with E-state index in [1.54, 1.807) is 0 Å². The van der Waals surface area contributed by atoms with Crippen molar-refractivity contribution in [3.8, 4) is 17.1 Å². The van der Waals surface area contributed by atoms with Gasteiger partial charge in [0.15, 0.2) is 0 Å². The Hall–Kier alpha value is -2.73. The van der Waals surface area contributed by atoms with Crippen molar-refractivity contribution >= 4 is 10.9 Å². The van der Waals surface area contributed by atoms with E-state index >= 15 is 0 Å². The highest BCUT2D eigenvalue weighted by Gasteiger charge is 2.13. The number of aromatic amines is 1. The SMILES string of the molecule is COCCOc1cc(F)cc2nc(-c3ccccc3)[nH]c(=O)c12. The van der Waals surface area contributed by atoms with Crippen molar-refractivity contribution in [2.45, 2.75) is 0 Å². The van der Waals surface area contributed by atoms with Gasteiger partial charge in [0.2, 0.25) is 0 Å². The van der Waals surface area contributed by atoms with Crippen LogP contribution in [0, 0.1) is 5.82 Å². The fraction of sp³-hybridized carbons (Fsp3) is 0.176. The van der Waals surface area contributed by atoms with Crippen LogP contribution in [-0.4, -0.2) is 30.3 Å². The lowest BCUT2D eigenvalue weighted by molar-refractivity contribution is 0.147. The standard InChI is InChI=1S/C17H15FN2O3/c1-22-7-8-23-14-10-12(18)9-13-15(14)17(21)20-16(19-13)11-5-3-2-4-6-11/h2-6,9-10H,7-8H2,1H3,(H,19,20,21). The number of benzene rings is 2. The van der Waals surface area contributed by atoms with E-state index in [1.807, 2.05) is 30.3 Å². The van der Waals surface area contributed by atoms with Crippen molar-refractivity contribution in [2.75, 3.05) is 20.3 Å². The predicted molar refractivity (Wildman–Crippen MR) is 85.1 cm³/mol. The second-order valence-electron chi connectivity index (χ2n) is 4.92. The Morgan fingerprint density at radius 1 is 1.17 bits per heavy atom. The van der Waals surface area contributed by atoms with E-state index in [9.17, 15) is 9.18 Å². The first-order chi connectivity index (χ1) is 11.2. The van der Waals surface area contributed by atoms with Crippen LogP contribution in [0.15, 0.2) is 47.3 Å². The minimum Gasteiger partial charge on any atom is -0.490 e. The number of nitrogens with one attached hydrogen (secondary N) is 1. The molecule has 0 aliphatic heterocycles. The lowest BCUT2D eigenvalue weighted by atomic mass is 10.2. The zero-order valence-corrected chi connectivity index (χ0v) is 12.5. The summed E-state index contributed by atoms with van der Waals surface area (Å²) < 4.78 is 24.1. The van der Waals surface area contributed by atoms with Gasteiger partial charge in [-0.3, -0.25) is 4.79 Å². The van der Waals surface area contributed by atoms with Crippen LogP contribution in [0.1, 0.15) is 0 Å². The molecule has 0 atom stereocenters. The van der Waals surface area contributed by atoms with Gasteiger partial charge < -0.3 is 14.5 Å². The molecule has 118 valence electrons. The van der Waals surface area contributed by atoms with Gasteiger partial charge in [-0.2, -0.15) is 0 Å². The maximum Gasteiger partial charge on any atom is 0.262 e. The molecule has 0 aliphatic rings. The summed E-state index contributed by atoms with van der Waals surface area (Å²) in [5.74, 6) is 0.0315. The summed E-state index contributed by atoms with van der Waals surface area (Å²) in [6.45, 7) is 0.556. The molecule has 0 saturated heterocycles. The van der Waals surface area contributed by atoms with Crippen LogP contribution < -0.4 is 10.3 Å². The van der Waals surface area contributed by atoms with Crippen molar-refractivity contribution in [3.05, 3.63) is 58.6 Å². The van der Waals surface area contributed by atoms with E-state index in [1.165, 1.54) is 19.2 Å². The Kier molecular flexibility index (Phi) is 4.34. The topological polar surface area (TPSA) is 64.2 Å². The highest BCUT2D eigenvalue weighted by molar-refractivity contribution is 5.85. The molecule has 0 radical (unpaired) electrons. The smallest absolute Gasteiger partial charge is 0.262 e. The minimum absolute atomic E-state index is 0.158. The summed E-state index contributed by atoms with van der Waals surface area (Å²) in [5, 5.41) is 0.224. The number of ether oxygens (including phenoxy) is 2. The highest BCUT2D eigenvalue weighted by Crippen LogP contribution is 2.24. The molecule has 0 unspecified atom stereocenters. The van der Waals surface area contributed by atoms with Gasteiger partial charge in [-0.25, -0.2) is 9.37 Å². The average molecular weight is 314 g/mol. The van der Waals surface area contributed by atoms with E-state index in [-0.39, 0.29) is 28.8 Å².